The first kappa shape index (κ1) is 20.9. The molecule has 154 valence electrons. The van der Waals surface area contributed by atoms with E-state index in [-0.39, 0.29) is 24.5 Å². The second kappa shape index (κ2) is 10.1. The summed E-state index contributed by atoms with van der Waals surface area (Å²) in [5, 5.41) is 5.89. The van der Waals surface area contributed by atoms with Crippen molar-refractivity contribution in [1.29, 1.82) is 0 Å². The van der Waals surface area contributed by atoms with Crippen LogP contribution in [0.3, 0.4) is 0 Å². The number of rotatable bonds is 8. The highest BCUT2D eigenvalue weighted by Gasteiger charge is 2.21. The molecular formula is C23H28N2O4. The highest BCUT2D eigenvalue weighted by molar-refractivity contribution is 6.04. The third kappa shape index (κ3) is 5.81. The fourth-order valence-electron chi connectivity index (χ4n) is 3.42. The zero-order valence-electron chi connectivity index (χ0n) is 16.9. The van der Waals surface area contributed by atoms with Gasteiger partial charge in [-0.05, 0) is 49.6 Å². The Balaban J connectivity index is 1.58. The number of methoxy groups -OCH3 is 1. The lowest BCUT2D eigenvalue weighted by Crippen LogP contribution is -2.34. The minimum Gasteiger partial charge on any atom is -0.497 e. The van der Waals surface area contributed by atoms with Crippen LogP contribution in [0.4, 0.5) is 5.69 Å². The van der Waals surface area contributed by atoms with Gasteiger partial charge < -0.3 is 20.1 Å². The lowest BCUT2D eigenvalue weighted by atomic mass is 10.1. The normalized spacial score (nSPS) is 15.0. The lowest BCUT2D eigenvalue weighted by Gasteiger charge is -2.17. The topological polar surface area (TPSA) is 76.7 Å². The second-order valence-corrected chi connectivity index (χ2v) is 7.29. The summed E-state index contributed by atoms with van der Waals surface area (Å²) in [6, 6.07) is 14.8. The summed E-state index contributed by atoms with van der Waals surface area (Å²) in [4.78, 5) is 25.2. The van der Waals surface area contributed by atoms with Crippen LogP contribution in [0.1, 0.15) is 48.5 Å². The van der Waals surface area contributed by atoms with Crippen LogP contribution in [-0.2, 0) is 16.1 Å². The first-order valence-electron chi connectivity index (χ1n) is 10.0. The molecule has 0 aromatic heterocycles. The monoisotopic (exact) mass is 396 g/mol. The van der Waals surface area contributed by atoms with Crippen molar-refractivity contribution in [3.63, 3.8) is 0 Å². The number of nitrogens with one attached hydrogen (secondary N) is 2. The fraction of sp³-hybridized carbons (Fsp3) is 0.391. The molecule has 2 amide bonds. The summed E-state index contributed by atoms with van der Waals surface area (Å²) < 4.78 is 10.9. The molecule has 0 bridgehead atoms. The molecule has 0 aliphatic heterocycles. The molecule has 1 unspecified atom stereocenters. The average molecular weight is 396 g/mol. The standard InChI is InChI=1S/C23H28N2O4/c1-16(29-15-17-8-7-11-19(14-17)28-2)22(26)25-21-13-6-5-12-20(21)23(27)24-18-9-3-4-10-18/h5-8,11-14,16,18H,3-4,9-10,15H2,1-2H3,(H,24,27)(H,25,26). The predicted molar refractivity (Wildman–Crippen MR) is 112 cm³/mol. The van der Waals surface area contributed by atoms with Crippen LogP contribution in [-0.4, -0.2) is 31.1 Å². The van der Waals surface area contributed by atoms with Crippen LogP contribution in [0.2, 0.25) is 0 Å². The minimum atomic E-state index is -0.674. The number of hydrogen-bond donors (Lipinski definition) is 2. The predicted octanol–water partition coefficient (Wildman–Crippen LogP) is 3.91. The van der Waals surface area contributed by atoms with E-state index in [9.17, 15) is 9.59 Å². The molecule has 2 aromatic rings. The summed E-state index contributed by atoms with van der Waals surface area (Å²) in [6.07, 6.45) is 3.63. The van der Waals surface area contributed by atoms with E-state index < -0.39 is 6.10 Å². The molecule has 0 radical (unpaired) electrons. The van der Waals surface area contributed by atoms with Gasteiger partial charge in [0.05, 0.1) is 25.0 Å². The Morgan fingerprint density at radius 1 is 1.10 bits per heavy atom. The number of carbonyl (C=O) groups is 2. The summed E-state index contributed by atoms with van der Waals surface area (Å²) >= 11 is 0. The number of carbonyl (C=O) groups excluding carboxylic acids is 2. The zero-order chi connectivity index (χ0) is 20.6. The van der Waals surface area contributed by atoms with E-state index in [0.717, 1.165) is 37.0 Å². The van der Waals surface area contributed by atoms with Crippen LogP contribution in [0.5, 0.6) is 5.75 Å². The van der Waals surface area contributed by atoms with Gasteiger partial charge in [0.1, 0.15) is 11.9 Å². The first-order chi connectivity index (χ1) is 14.1. The second-order valence-electron chi connectivity index (χ2n) is 7.29. The number of amides is 2. The third-order valence-electron chi connectivity index (χ3n) is 5.12. The van der Waals surface area contributed by atoms with Crippen molar-refractivity contribution in [1.82, 2.24) is 5.32 Å². The highest BCUT2D eigenvalue weighted by Crippen LogP contribution is 2.21. The molecule has 1 aliphatic rings. The van der Waals surface area contributed by atoms with Gasteiger partial charge in [-0.25, -0.2) is 0 Å². The summed E-state index contributed by atoms with van der Waals surface area (Å²) in [5.41, 5.74) is 1.87. The van der Waals surface area contributed by atoms with Crippen molar-refractivity contribution in [2.45, 2.75) is 51.4 Å². The Morgan fingerprint density at radius 2 is 1.86 bits per heavy atom. The van der Waals surface area contributed by atoms with Crippen molar-refractivity contribution >= 4 is 17.5 Å². The maximum atomic E-state index is 12.6. The van der Waals surface area contributed by atoms with E-state index in [1.807, 2.05) is 24.3 Å². The molecule has 0 saturated heterocycles. The third-order valence-corrected chi connectivity index (χ3v) is 5.12. The molecule has 29 heavy (non-hydrogen) atoms. The van der Waals surface area contributed by atoms with Crippen LogP contribution in [0, 0.1) is 0 Å². The van der Waals surface area contributed by atoms with E-state index >= 15 is 0 Å². The molecule has 3 rings (SSSR count). The van der Waals surface area contributed by atoms with Crippen LogP contribution >= 0.6 is 0 Å². The molecule has 1 saturated carbocycles. The van der Waals surface area contributed by atoms with Crippen LogP contribution < -0.4 is 15.4 Å². The summed E-state index contributed by atoms with van der Waals surface area (Å²) in [5.74, 6) is 0.289. The fourth-order valence-corrected chi connectivity index (χ4v) is 3.42. The zero-order valence-corrected chi connectivity index (χ0v) is 16.9. The molecular weight excluding hydrogens is 368 g/mol. The SMILES string of the molecule is COc1cccc(COC(C)C(=O)Nc2ccccc2C(=O)NC2CCCC2)c1. The quantitative estimate of drug-likeness (QED) is 0.709. The Labute approximate surface area is 171 Å². The summed E-state index contributed by atoms with van der Waals surface area (Å²) in [6.45, 7) is 1.98. The van der Waals surface area contributed by atoms with E-state index in [4.69, 9.17) is 9.47 Å². The van der Waals surface area contributed by atoms with Crippen LogP contribution in [0.25, 0.3) is 0 Å². The van der Waals surface area contributed by atoms with Gasteiger partial charge in [-0.3, -0.25) is 9.59 Å². The molecule has 6 nitrogen and oxygen atoms in total. The van der Waals surface area contributed by atoms with Gasteiger partial charge in [-0.1, -0.05) is 37.1 Å². The van der Waals surface area contributed by atoms with E-state index in [1.54, 1.807) is 38.3 Å². The Bertz CT molecular complexity index is 846. The molecule has 0 spiro atoms. The van der Waals surface area contributed by atoms with Gasteiger partial charge in [0.15, 0.2) is 0 Å². The van der Waals surface area contributed by atoms with E-state index in [1.165, 1.54) is 0 Å². The molecule has 1 atom stereocenters. The highest BCUT2D eigenvalue weighted by atomic mass is 16.5. The van der Waals surface area contributed by atoms with Gasteiger partial charge in [0.2, 0.25) is 0 Å². The van der Waals surface area contributed by atoms with Gasteiger partial charge in [-0.2, -0.15) is 0 Å². The average Bonchev–Trinajstić information content (AvgIpc) is 3.25. The molecule has 1 fully saturated rings. The number of ether oxygens (including phenoxy) is 2. The van der Waals surface area contributed by atoms with Crippen molar-refractivity contribution < 1.29 is 19.1 Å². The van der Waals surface area contributed by atoms with Crippen molar-refractivity contribution in [3.8, 4) is 5.75 Å². The largest absolute Gasteiger partial charge is 0.497 e. The smallest absolute Gasteiger partial charge is 0.253 e. The maximum Gasteiger partial charge on any atom is 0.253 e. The molecule has 2 N–H and O–H groups in total. The molecule has 2 aromatic carbocycles. The first-order valence-corrected chi connectivity index (χ1v) is 10.0. The van der Waals surface area contributed by atoms with Gasteiger partial charge in [0.25, 0.3) is 11.8 Å². The lowest BCUT2D eigenvalue weighted by molar-refractivity contribution is -0.127. The van der Waals surface area contributed by atoms with Gasteiger partial charge in [-0.15, -0.1) is 0 Å². The number of para-hydroxylation sites is 1. The Morgan fingerprint density at radius 3 is 2.62 bits per heavy atom. The van der Waals surface area contributed by atoms with E-state index in [0.29, 0.717) is 11.3 Å². The summed E-state index contributed by atoms with van der Waals surface area (Å²) in [7, 11) is 1.61. The molecule has 6 heteroatoms. The van der Waals surface area contributed by atoms with Gasteiger partial charge in [0, 0.05) is 6.04 Å². The molecule has 1 aliphatic carbocycles. The molecule has 0 heterocycles. The number of anilines is 1. The Kier molecular flexibility index (Phi) is 7.25. The van der Waals surface area contributed by atoms with Crippen molar-refractivity contribution in [2.24, 2.45) is 0 Å². The number of hydrogen-bond acceptors (Lipinski definition) is 4. The van der Waals surface area contributed by atoms with Crippen molar-refractivity contribution in [3.05, 3.63) is 59.7 Å². The number of benzene rings is 2. The van der Waals surface area contributed by atoms with Crippen molar-refractivity contribution in [2.75, 3.05) is 12.4 Å². The maximum absolute atomic E-state index is 12.6. The Hall–Kier alpha value is -2.86. The minimum absolute atomic E-state index is 0.155. The van der Waals surface area contributed by atoms with Gasteiger partial charge >= 0.3 is 0 Å². The van der Waals surface area contributed by atoms with E-state index in [2.05, 4.69) is 10.6 Å². The van der Waals surface area contributed by atoms with Crippen LogP contribution in [0.15, 0.2) is 48.5 Å².